The minimum absolute atomic E-state index is 0.173. The molecule has 2 fully saturated rings. The van der Waals surface area contributed by atoms with Crippen LogP contribution in [-0.4, -0.2) is 63.3 Å². The SMILES string of the molecule is COCC1(C(=O)NCC(C)N2CCCC2)CCNCC1. The number of rotatable bonds is 6. The van der Waals surface area contributed by atoms with Crippen molar-refractivity contribution in [3.8, 4) is 0 Å². The predicted molar refractivity (Wildman–Crippen MR) is 79.7 cm³/mol. The van der Waals surface area contributed by atoms with Gasteiger partial charge in [-0.15, -0.1) is 0 Å². The van der Waals surface area contributed by atoms with E-state index in [1.54, 1.807) is 7.11 Å². The van der Waals surface area contributed by atoms with Crippen LogP contribution < -0.4 is 10.6 Å². The van der Waals surface area contributed by atoms with Crippen LogP contribution in [0, 0.1) is 5.41 Å². The highest BCUT2D eigenvalue weighted by atomic mass is 16.5. The van der Waals surface area contributed by atoms with Crippen molar-refractivity contribution in [3.05, 3.63) is 0 Å². The first-order valence-electron chi connectivity index (χ1n) is 7.90. The lowest BCUT2D eigenvalue weighted by Gasteiger charge is -2.36. The molecule has 1 unspecified atom stereocenters. The summed E-state index contributed by atoms with van der Waals surface area (Å²) in [5.41, 5.74) is -0.329. The van der Waals surface area contributed by atoms with E-state index in [1.807, 2.05) is 0 Å². The topological polar surface area (TPSA) is 53.6 Å². The lowest BCUT2D eigenvalue weighted by molar-refractivity contribution is -0.136. The van der Waals surface area contributed by atoms with Crippen molar-refractivity contribution in [3.63, 3.8) is 0 Å². The third-order valence-electron chi connectivity index (χ3n) is 4.78. The Balaban J connectivity index is 1.84. The van der Waals surface area contributed by atoms with Gasteiger partial charge in [0, 0.05) is 19.7 Å². The molecule has 0 aromatic carbocycles. The molecule has 0 radical (unpaired) electrons. The van der Waals surface area contributed by atoms with Gasteiger partial charge in [0.2, 0.25) is 5.91 Å². The van der Waals surface area contributed by atoms with Crippen LogP contribution in [-0.2, 0) is 9.53 Å². The van der Waals surface area contributed by atoms with E-state index >= 15 is 0 Å². The highest BCUT2D eigenvalue weighted by Crippen LogP contribution is 2.29. The molecule has 116 valence electrons. The molecule has 2 N–H and O–H groups in total. The Kier molecular flexibility index (Phi) is 5.81. The fourth-order valence-electron chi connectivity index (χ4n) is 3.36. The molecule has 20 heavy (non-hydrogen) atoms. The van der Waals surface area contributed by atoms with E-state index in [-0.39, 0.29) is 11.3 Å². The van der Waals surface area contributed by atoms with E-state index in [9.17, 15) is 4.79 Å². The lowest BCUT2D eigenvalue weighted by atomic mass is 9.78. The van der Waals surface area contributed by atoms with Crippen molar-refractivity contribution < 1.29 is 9.53 Å². The predicted octanol–water partition coefficient (Wildman–Crippen LogP) is 0.603. The fraction of sp³-hybridized carbons (Fsp3) is 0.933. The smallest absolute Gasteiger partial charge is 0.228 e. The number of amides is 1. The molecular weight excluding hydrogens is 254 g/mol. The van der Waals surface area contributed by atoms with Crippen molar-refractivity contribution in [2.24, 2.45) is 5.41 Å². The summed E-state index contributed by atoms with van der Waals surface area (Å²) in [7, 11) is 1.68. The number of hydrogen-bond donors (Lipinski definition) is 2. The molecule has 1 amide bonds. The summed E-state index contributed by atoms with van der Waals surface area (Å²) in [5, 5.41) is 6.48. The molecule has 0 aromatic rings. The van der Waals surface area contributed by atoms with Gasteiger partial charge in [0.1, 0.15) is 0 Å². The number of piperidine rings is 1. The van der Waals surface area contributed by atoms with Crippen LogP contribution in [0.5, 0.6) is 0 Å². The van der Waals surface area contributed by atoms with Crippen molar-refractivity contribution in [1.82, 2.24) is 15.5 Å². The van der Waals surface area contributed by atoms with E-state index in [0.29, 0.717) is 12.6 Å². The average Bonchev–Trinajstić information content (AvgIpc) is 3.00. The van der Waals surface area contributed by atoms with Gasteiger partial charge in [0.15, 0.2) is 0 Å². The molecule has 2 heterocycles. The molecule has 1 atom stereocenters. The maximum Gasteiger partial charge on any atom is 0.228 e. The van der Waals surface area contributed by atoms with Crippen LogP contribution in [0.15, 0.2) is 0 Å². The van der Waals surface area contributed by atoms with Crippen LogP contribution in [0.3, 0.4) is 0 Å². The van der Waals surface area contributed by atoms with Gasteiger partial charge in [-0.3, -0.25) is 9.69 Å². The van der Waals surface area contributed by atoms with Crippen LogP contribution in [0.1, 0.15) is 32.6 Å². The Morgan fingerprint density at radius 2 is 2.00 bits per heavy atom. The molecule has 2 aliphatic rings. The number of carbonyl (C=O) groups excluding carboxylic acids is 1. The summed E-state index contributed by atoms with van der Waals surface area (Å²) >= 11 is 0. The number of nitrogens with one attached hydrogen (secondary N) is 2. The van der Waals surface area contributed by atoms with E-state index in [1.165, 1.54) is 25.9 Å². The Bertz CT molecular complexity index is 305. The molecule has 0 spiro atoms. The monoisotopic (exact) mass is 283 g/mol. The molecule has 2 rings (SSSR count). The van der Waals surface area contributed by atoms with Crippen molar-refractivity contribution in [1.29, 1.82) is 0 Å². The zero-order valence-corrected chi connectivity index (χ0v) is 12.9. The van der Waals surface area contributed by atoms with Gasteiger partial charge in [-0.05, 0) is 58.8 Å². The maximum absolute atomic E-state index is 12.6. The first kappa shape index (κ1) is 15.7. The van der Waals surface area contributed by atoms with Gasteiger partial charge in [-0.1, -0.05) is 0 Å². The number of nitrogens with zero attached hydrogens (tertiary/aromatic N) is 1. The number of methoxy groups -OCH3 is 1. The summed E-state index contributed by atoms with van der Waals surface area (Å²) < 4.78 is 5.31. The van der Waals surface area contributed by atoms with Gasteiger partial charge in [-0.25, -0.2) is 0 Å². The third kappa shape index (κ3) is 3.71. The highest BCUT2D eigenvalue weighted by Gasteiger charge is 2.39. The van der Waals surface area contributed by atoms with Gasteiger partial charge in [0.05, 0.1) is 12.0 Å². The number of ether oxygens (including phenoxy) is 1. The molecule has 5 nitrogen and oxygen atoms in total. The summed E-state index contributed by atoms with van der Waals surface area (Å²) in [5.74, 6) is 0.173. The van der Waals surface area contributed by atoms with Gasteiger partial charge in [-0.2, -0.15) is 0 Å². The molecule has 0 bridgehead atoms. The summed E-state index contributed by atoms with van der Waals surface area (Å²) in [6, 6.07) is 0.433. The van der Waals surface area contributed by atoms with Gasteiger partial charge >= 0.3 is 0 Å². The van der Waals surface area contributed by atoms with Crippen LogP contribution >= 0.6 is 0 Å². The first-order chi connectivity index (χ1) is 9.68. The number of carbonyl (C=O) groups is 1. The van der Waals surface area contributed by atoms with Crippen molar-refractivity contribution in [2.45, 2.75) is 38.6 Å². The largest absolute Gasteiger partial charge is 0.384 e. The molecule has 0 aliphatic carbocycles. The molecule has 2 aliphatic heterocycles. The molecule has 0 aromatic heterocycles. The highest BCUT2D eigenvalue weighted by molar-refractivity contribution is 5.83. The maximum atomic E-state index is 12.6. The number of hydrogen-bond acceptors (Lipinski definition) is 4. The molecular formula is C15H29N3O2. The number of likely N-dealkylation sites (tertiary alicyclic amines) is 1. The molecule has 2 saturated heterocycles. The fourth-order valence-corrected chi connectivity index (χ4v) is 3.36. The van der Waals surface area contributed by atoms with E-state index < -0.39 is 0 Å². The second-order valence-corrected chi connectivity index (χ2v) is 6.27. The van der Waals surface area contributed by atoms with E-state index in [2.05, 4.69) is 22.5 Å². The molecule has 5 heteroatoms. The summed E-state index contributed by atoms with van der Waals surface area (Å²) in [6.07, 6.45) is 4.31. The summed E-state index contributed by atoms with van der Waals surface area (Å²) in [6.45, 7) is 7.62. The lowest BCUT2D eigenvalue weighted by Crippen LogP contribution is -2.52. The average molecular weight is 283 g/mol. The first-order valence-corrected chi connectivity index (χ1v) is 7.90. The van der Waals surface area contributed by atoms with E-state index in [0.717, 1.165) is 32.5 Å². The zero-order chi connectivity index (χ0) is 14.4. The van der Waals surface area contributed by atoms with Crippen LogP contribution in [0.25, 0.3) is 0 Å². The standard InChI is InChI=1S/C15H29N3O2/c1-13(18-9-3-4-10-18)11-17-14(19)15(12-20-2)5-7-16-8-6-15/h13,16H,3-12H2,1-2H3,(H,17,19). The Hall–Kier alpha value is -0.650. The second kappa shape index (κ2) is 7.38. The third-order valence-corrected chi connectivity index (χ3v) is 4.78. The van der Waals surface area contributed by atoms with Gasteiger partial charge in [0.25, 0.3) is 0 Å². The zero-order valence-electron chi connectivity index (χ0n) is 12.9. The quantitative estimate of drug-likeness (QED) is 0.750. The summed E-state index contributed by atoms with van der Waals surface area (Å²) in [4.78, 5) is 15.1. The minimum Gasteiger partial charge on any atom is -0.384 e. The van der Waals surface area contributed by atoms with Crippen LogP contribution in [0.4, 0.5) is 0 Å². The van der Waals surface area contributed by atoms with E-state index in [4.69, 9.17) is 4.74 Å². The molecule has 0 saturated carbocycles. The Morgan fingerprint density at radius 3 is 2.60 bits per heavy atom. The van der Waals surface area contributed by atoms with Gasteiger partial charge < -0.3 is 15.4 Å². The normalized spacial score (nSPS) is 24.5. The Morgan fingerprint density at radius 1 is 1.35 bits per heavy atom. The second-order valence-electron chi connectivity index (χ2n) is 6.27. The van der Waals surface area contributed by atoms with Crippen molar-refractivity contribution >= 4 is 5.91 Å². The minimum atomic E-state index is -0.329. The van der Waals surface area contributed by atoms with Crippen molar-refractivity contribution in [2.75, 3.05) is 46.4 Å². The van der Waals surface area contributed by atoms with Crippen LogP contribution in [0.2, 0.25) is 0 Å². The Labute approximate surface area is 122 Å².